The number of rotatable bonds is 4. The van der Waals surface area contributed by atoms with Crippen molar-refractivity contribution in [1.82, 2.24) is 4.90 Å². The molecular formula is C20H25N3O2S. The van der Waals surface area contributed by atoms with Crippen LogP contribution in [0.1, 0.15) is 38.2 Å². The summed E-state index contributed by atoms with van der Waals surface area (Å²) >= 11 is 1.50. The first kappa shape index (κ1) is 18.5. The zero-order valence-electron chi connectivity index (χ0n) is 15.2. The molecule has 5 nitrogen and oxygen atoms in total. The average molecular weight is 372 g/mol. The number of carbonyl (C=O) groups is 2. The molecule has 0 unspecified atom stereocenters. The molecule has 0 atom stereocenters. The summed E-state index contributed by atoms with van der Waals surface area (Å²) in [5, 5.41) is 8.67. The minimum absolute atomic E-state index is 0.0422. The van der Waals surface area contributed by atoms with Crippen LogP contribution in [0.15, 0.2) is 41.8 Å². The second-order valence-electron chi connectivity index (χ2n) is 6.93. The van der Waals surface area contributed by atoms with Crippen LogP contribution in [0.5, 0.6) is 0 Å². The second-order valence-corrected chi connectivity index (χ2v) is 7.88. The van der Waals surface area contributed by atoms with Gasteiger partial charge in [0.2, 0.25) is 5.91 Å². The minimum atomic E-state index is -0.0874. The van der Waals surface area contributed by atoms with Crippen molar-refractivity contribution >= 4 is 34.0 Å². The van der Waals surface area contributed by atoms with Gasteiger partial charge in [-0.1, -0.05) is 26.0 Å². The lowest BCUT2D eigenvalue weighted by Crippen LogP contribution is -2.43. The molecule has 2 heterocycles. The topological polar surface area (TPSA) is 61.4 Å². The molecule has 26 heavy (non-hydrogen) atoms. The number of benzene rings is 1. The highest BCUT2D eigenvalue weighted by molar-refractivity contribution is 7.14. The van der Waals surface area contributed by atoms with E-state index >= 15 is 0 Å². The minimum Gasteiger partial charge on any atom is -0.326 e. The SMILES string of the molecule is CC(C)c1ccc(NC(=O)C2CCN(C(=O)Nc3cccs3)CC2)cc1. The number of anilines is 2. The number of urea groups is 1. The highest BCUT2D eigenvalue weighted by Gasteiger charge is 2.27. The quantitative estimate of drug-likeness (QED) is 0.814. The Hall–Kier alpha value is -2.34. The molecule has 1 aliphatic rings. The number of nitrogens with zero attached hydrogens (tertiary/aromatic N) is 1. The van der Waals surface area contributed by atoms with Gasteiger partial charge in [-0.2, -0.15) is 0 Å². The highest BCUT2D eigenvalue weighted by Crippen LogP contribution is 2.22. The van der Waals surface area contributed by atoms with Crippen molar-refractivity contribution in [2.75, 3.05) is 23.7 Å². The fourth-order valence-electron chi connectivity index (χ4n) is 3.07. The van der Waals surface area contributed by atoms with Crippen molar-refractivity contribution in [1.29, 1.82) is 0 Å². The molecular weight excluding hydrogens is 346 g/mol. The first-order valence-corrected chi connectivity index (χ1v) is 9.91. The number of thiophene rings is 1. The van der Waals surface area contributed by atoms with Gasteiger partial charge >= 0.3 is 6.03 Å². The monoisotopic (exact) mass is 371 g/mol. The number of likely N-dealkylation sites (tertiary alicyclic amines) is 1. The van der Waals surface area contributed by atoms with Crippen LogP contribution in [0, 0.1) is 5.92 Å². The summed E-state index contributed by atoms with van der Waals surface area (Å²) in [6.45, 7) is 5.50. The number of carbonyl (C=O) groups excluding carboxylic acids is 2. The van der Waals surface area contributed by atoms with E-state index in [9.17, 15) is 9.59 Å². The van der Waals surface area contributed by atoms with Gasteiger partial charge < -0.3 is 10.2 Å². The molecule has 1 aliphatic heterocycles. The average Bonchev–Trinajstić information content (AvgIpc) is 3.15. The molecule has 2 N–H and O–H groups in total. The summed E-state index contributed by atoms with van der Waals surface area (Å²) in [7, 11) is 0. The number of piperidine rings is 1. The number of nitrogens with one attached hydrogen (secondary N) is 2. The van der Waals surface area contributed by atoms with Crippen LogP contribution in [0.3, 0.4) is 0 Å². The summed E-state index contributed by atoms with van der Waals surface area (Å²) < 4.78 is 0. The Morgan fingerprint density at radius 1 is 1.08 bits per heavy atom. The lowest BCUT2D eigenvalue weighted by atomic mass is 9.96. The molecule has 0 radical (unpaired) electrons. The number of hydrogen-bond donors (Lipinski definition) is 2. The van der Waals surface area contributed by atoms with E-state index in [2.05, 4.69) is 36.6 Å². The maximum Gasteiger partial charge on any atom is 0.322 e. The zero-order valence-corrected chi connectivity index (χ0v) is 16.0. The summed E-state index contributed by atoms with van der Waals surface area (Å²) in [5.41, 5.74) is 2.09. The Kier molecular flexibility index (Phi) is 5.93. The van der Waals surface area contributed by atoms with Gasteiger partial charge in [0.15, 0.2) is 0 Å². The van der Waals surface area contributed by atoms with E-state index < -0.39 is 0 Å². The number of hydrogen-bond acceptors (Lipinski definition) is 3. The van der Waals surface area contributed by atoms with Gasteiger partial charge in [0, 0.05) is 24.7 Å². The van der Waals surface area contributed by atoms with Gasteiger partial charge in [-0.15, -0.1) is 11.3 Å². The maximum absolute atomic E-state index is 12.5. The van der Waals surface area contributed by atoms with Gasteiger partial charge in [0.1, 0.15) is 0 Å². The molecule has 1 saturated heterocycles. The molecule has 0 bridgehead atoms. The van der Waals surface area contributed by atoms with E-state index in [1.54, 1.807) is 4.90 Å². The van der Waals surface area contributed by atoms with Crippen LogP contribution in [0.4, 0.5) is 15.5 Å². The summed E-state index contributed by atoms with van der Waals surface area (Å²) in [4.78, 5) is 26.5. The Morgan fingerprint density at radius 2 is 1.77 bits per heavy atom. The summed E-state index contributed by atoms with van der Waals surface area (Å²) in [6, 6.07) is 11.7. The fourth-order valence-corrected chi connectivity index (χ4v) is 3.68. The Balaban J connectivity index is 1.48. The third-order valence-corrected chi connectivity index (χ3v) is 5.53. The molecule has 6 heteroatoms. The Morgan fingerprint density at radius 3 is 2.35 bits per heavy atom. The van der Waals surface area contributed by atoms with Crippen molar-refractivity contribution in [2.24, 2.45) is 5.92 Å². The molecule has 2 aromatic rings. The molecule has 0 aliphatic carbocycles. The van der Waals surface area contributed by atoms with E-state index in [1.165, 1.54) is 16.9 Å². The van der Waals surface area contributed by atoms with Crippen LogP contribution in [0.25, 0.3) is 0 Å². The highest BCUT2D eigenvalue weighted by atomic mass is 32.1. The van der Waals surface area contributed by atoms with Gasteiger partial charge in [-0.25, -0.2) is 4.79 Å². The Labute approximate surface area is 158 Å². The van der Waals surface area contributed by atoms with Gasteiger partial charge in [0.25, 0.3) is 0 Å². The Bertz CT molecular complexity index is 733. The van der Waals surface area contributed by atoms with E-state index in [0.717, 1.165) is 10.7 Å². The van der Waals surface area contributed by atoms with Crippen molar-refractivity contribution < 1.29 is 9.59 Å². The third-order valence-electron chi connectivity index (χ3n) is 4.75. The predicted octanol–water partition coefficient (Wildman–Crippen LogP) is 4.75. The van der Waals surface area contributed by atoms with Crippen LogP contribution in [-0.4, -0.2) is 29.9 Å². The normalized spacial score (nSPS) is 15.1. The molecule has 0 saturated carbocycles. The molecule has 1 fully saturated rings. The van der Waals surface area contributed by atoms with E-state index in [-0.39, 0.29) is 17.9 Å². The van der Waals surface area contributed by atoms with Crippen molar-refractivity contribution in [3.63, 3.8) is 0 Å². The first-order valence-electron chi connectivity index (χ1n) is 9.03. The second kappa shape index (κ2) is 8.36. The first-order chi connectivity index (χ1) is 12.5. The predicted molar refractivity (Wildman–Crippen MR) is 107 cm³/mol. The van der Waals surface area contributed by atoms with Crippen LogP contribution >= 0.6 is 11.3 Å². The third kappa shape index (κ3) is 4.64. The fraction of sp³-hybridized carbons (Fsp3) is 0.400. The molecule has 0 spiro atoms. The van der Waals surface area contributed by atoms with E-state index in [1.807, 2.05) is 29.6 Å². The van der Waals surface area contributed by atoms with Gasteiger partial charge in [0.05, 0.1) is 5.00 Å². The van der Waals surface area contributed by atoms with Gasteiger partial charge in [-0.3, -0.25) is 10.1 Å². The smallest absolute Gasteiger partial charge is 0.322 e. The van der Waals surface area contributed by atoms with E-state index in [0.29, 0.717) is 31.8 Å². The zero-order chi connectivity index (χ0) is 18.5. The molecule has 3 rings (SSSR count). The lowest BCUT2D eigenvalue weighted by molar-refractivity contribution is -0.121. The lowest BCUT2D eigenvalue weighted by Gasteiger charge is -2.31. The van der Waals surface area contributed by atoms with E-state index in [4.69, 9.17) is 0 Å². The van der Waals surface area contributed by atoms with Crippen LogP contribution in [0.2, 0.25) is 0 Å². The summed E-state index contributed by atoms with van der Waals surface area (Å²) in [6.07, 6.45) is 1.38. The maximum atomic E-state index is 12.5. The molecule has 138 valence electrons. The van der Waals surface area contributed by atoms with Crippen LogP contribution < -0.4 is 10.6 Å². The molecule has 1 aromatic carbocycles. The largest absolute Gasteiger partial charge is 0.326 e. The molecule has 1 aromatic heterocycles. The molecule has 3 amide bonds. The van der Waals surface area contributed by atoms with Crippen molar-refractivity contribution in [2.45, 2.75) is 32.6 Å². The van der Waals surface area contributed by atoms with Crippen LogP contribution in [-0.2, 0) is 4.79 Å². The van der Waals surface area contributed by atoms with Crippen molar-refractivity contribution in [3.05, 3.63) is 47.3 Å². The van der Waals surface area contributed by atoms with Crippen molar-refractivity contribution in [3.8, 4) is 0 Å². The standard InChI is InChI=1S/C20H25N3O2S/c1-14(2)15-5-7-17(8-6-15)21-19(24)16-9-11-23(12-10-16)20(25)22-18-4-3-13-26-18/h3-8,13-14,16H,9-12H2,1-2H3,(H,21,24)(H,22,25). The number of amides is 3. The van der Waals surface area contributed by atoms with Gasteiger partial charge in [-0.05, 0) is 54.0 Å². The summed E-state index contributed by atoms with van der Waals surface area (Å²) in [5.74, 6) is 0.468.